The molecule has 8 nitrogen and oxygen atoms in total. The minimum absolute atomic E-state index is 0.129. The van der Waals surface area contributed by atoms with Gasteiger partial charge in [0.05, 0.1) is 25.4 Å². The molecule has 8 unspecified atom stereocenters. The van der Waals surface area contributed by atoms with Crippen LogP contribution in [0.4, 0.5) is 0 Å². The van der Waals surface area contributed by atoms with E-state index in [1.165, 1.54) is 24.8 Å². The lowest BCUT2D eigenvalue weighted by Crippen LogP contribution is -2.60. The van der Waals surface area contributed by atoms with Crippen molar-refractivity contribution in [3.63, 3.8) is 0 Å². The van der Waals surface area contributed by atoms with Crippen LogP contribution >= 0.6 is 0 Å². The summed E-state index contributed by atoms with van der Waals surface area (Å²) < 4.78 is 25.3. The van der Waals surface area contributed by atoms with Gasteiger partial charge in [-0.2, -0.15) is 0 Å². The molecule has 4 aliphatic carbocycles. The van der Waals surface area contributed by atoms with Crippen LogP contribution in [0.5, 0.6) is 0 Å². The number of fused-ring (bicyclic) bond motifs is 7. The van der Waals surface area contributed by atoms with Crippen molar-refractivity contribution in [1.29, 1.82) is 0 Å². The summed E-state index contributed by atoms with van der Waals surface area (Å²) >= 11 is 0. The maximum atomic E-state index is 10.5. The van der Waals surface area contributed by atoms with Gasteiger partial charge < -0.3 is 39.4 Å². The fourth-order valence-electron chi connectivity index (χ4n) is 11.1. The highest BCUT2D eigenvalue weighted by molar-refractivity contribution is 5.26. The lowest BCUT2D eigenvalue weighted by atomic mass is 9.47. The Morgan fingerprint density at radius 2 is 1.78 bits per heavy atom. The molecule has 0 amide bonds. The maximum Gasteiger partial charge on any atom is 0.186 e. The van der Waals surface area contributed by atoms with Crippen LogP contribution in [0.3, 0.4) is 0 Å². The van der Waals surface area contributed by atoms with Crippen molar-refractivity contribution in [3.8, 4) is 0 Å². The first-order valence-electron chi connectivity index (χ1n) is 16.5. The van der Waals surface area contributed by atoms with Crippen LogP contribution in [0.2, 0.25) is 0 Å². The molecule has 6 fully saturated rings. The molecule has 0 aromatic carbocycles. The van der Waals surface area contributed by atoms with Crippen LogP contribution in [0, 0.1) is 46.3 Å². The molecule has 3 aliphatic heterocycles. The van der Waals surface area contributed by atoms with E-state index in [-0.39, 0.29) is 17.3 Å². The first kappa shape index (κ1) is 29.1. The zero-order chi connectivity index (χ0) is 28.9. The van der Waals surface area contributed by atoms with E-state index < -0.39 is 37.3 Å². The number of hydrogen-bond acceptors (Lipinski definition) is 8. The Bertz CT molecular complexity index is 1020. The van der Waals surface area contributed by atoms with Crippen LogP contribution in [0.15, 0.2) is 11.6 Å². The second-order valence-electron chi connectivity index (χ2n) is 15.5. The van der Waals surface area contributed by atoms with Gasteiger partial charge in [0.25, 0.3) is 0 Å². The third-order valence-corrected chi connectivity index (χ3v) is 13.5. The summed E-state index contributed by atoms with van der Waals surface area (Å²) in [6.07, 6.45) is 6.24. The van der Waals surface area contributed by atoms with Gasteiger partial charge in [0.1, 0.15) is 24.4 Å². The van der Waals surface area contributed by atoms with E-state index in [1.807, 2.05) is 0 Å². The summed E-state index contributed by atoms with van der Waals surface area (Å²) in [7, 11) is 0. The maximum absolute atomic E-state index is 10.5. The van der Waals surface area contributed by atoms with Gasteiger partial charge in [0.15, 0.2) is 12.1 Å². The van der Waals surface area contributed by atoms with Crippen LogP contribution in [0.1, 0.15) is 85.5 Å². The Morgan fingerprint density at radius 1 is 0.976 bits per heavy atom. The van der Waals surface area contributed by atoms with Crippen molar-refractivity contribution in [3.05, 3.63) is 11.6 Å². The molecule has 16 atom stereocenters. The molecule has 0 aromatic rings. The molecule has 3 saturated carbocycles. The molecule has 3 heterocycles. The number of rotatable bonds is 3. The Labute approximate surface area is 244 Å². The van der Waals surface area contributed by atoms with Crippen molar-refractivity contribution in [2.24, 2.45) is 46.3 Å². The van der Waals surface area contributed by atoms with Crippen molar-refractivity contribution in [2.75, 3.05) is 13.2 Å². The van der Waals surface area contributed by atoms with Gasteiger partial charge in [0, 0.05) is 12.3 Å². The minimum Gasteiger partial charge on any atom is -0.394 e. The molecule has 4 N–H and O–H groups in total. The van der Waals surface area contributed by atoms with Gasteiger partial charge >= 0.3 is 0 Å². The predicted molar refractivity (Wildman–Crippen MR) is 150 cm³/mol. The second-order valence-corrected chi connectivity index (χ2v) is 15.5. The lowest BCUT2D eigenvalue weighted by Gasteiger charge is -2.58. The molecule has 1 spiro atoms. The van der Waals surface area contributed by atoms with E-state index in [4.69, 9.17) is 18.9 Å². The average molecular weight is 577 g/mol. The second kappa shape index (κ2) is 10.2. The van der Waals surface area contributed by atoms with E-state index in [1.54, 1.807) is 0 Å². The summed E-state index contributed by atoms with van der Waals surface area (Å²) in [4.78, 5) is 0. The molecular weight excluding hydrogens is 524 g/mol. The number of hydrogen-bond donors (Lipinski definition) is 4. The van der Waals surface area contributed by atoms with Gasteiger partial charge in [-0.05, 0) is 91.8 Å². The number of aliphatic hydroxyl groups excluding tert-OH is 4. The fraction of sp³-hybridized carbons (Fsp3) is 0.939. The molecule has 41 heavy (non-hydrogen) atoms. The molecular formula is C33H52O8. The molecule has 232 valence electrons. The predicted octanol–water partition coefficient (Wildman–Crippen LogP) is 3.54. The molecule has 3 saturated heterocycles. The molecule has 8 heteroatoms. The highest BCUT2D eigenvalue weighted by Gasteiger charge is 2.68. The quantitative estimate of drug-likeness (QED) is 0.377. The third-order valence-electron chi connectivity index (χ3n) is 13.5. The van der Waals surface area contributed by atoms with Gasteiger partial charge in [-0.1, -0.05) is 39.3 Å². The smallest absolute Gasteiger partial charge is 0.186 e. The summed E-state index contributed by atoms with van der Waals surface area (Å²) in [5, 5.41) is 40.4. The zero-order valence-electron chi connectivity index (χ0n) is 25.3. The zero-order valence-corrected chi connectivity index (χ0v) is 25.3. The normalized spacial score (nSPS) is 58.3. The summed E-state index contributed by atoms with van der Waals surface area (Å²) in [5.41, 5.74) is 1.91. The number of aliphatic hydroxyl groups is 4. The van der Waals surface area contributed by atoms with E-state index in [0.29, 0.717) is 47.0 Å². The summed E-state index contributed by atoms with van der Waals surface area (Å²) in [6.45, 7) is 10.1. The van der Waals surface area contributed by atoms with Gasteiger partial charge in [-0.15, -0.1) is 0 Å². The summed E-state index contributed by atoms with van der Waals surface area (Å²) in [5.74, 6) is 3.28. The van der Waals surface area contributed by atoms with E-state index in [0.717, 1.165) is 45.1 Å². The highest BCUT2D eigenvalue weighted by Crippen LogP contribution is 2.70. The molecule has 7 aliphatic rings. The third kappa shape index (κ3) is 4.29. The van der Waals surface area contributed by atoms with Crippen LogP contribution in [-0.4, -0.2) is 82.3 Å². The molecule has 7 rings (SSSR count). The molecule has 0 radical (unpaired) electrons. The van der Waals surface area contributed by atoms with Crippen LogP contribution < -0.4 is 0 Å². The van der Waals surface area contributed by atoms with Crippen LogP contribution in [0.25, 0.3) is 0 Å². The summed E-state index contributed by atoms with van der Waals surface area (Å²) in [6, 6.07) is 0. The lowest BCUT2D eigenvalue weighted by molar-refractivity contribution is -0.313. The first-order valence-corrected chi connectivity index (χ1v) is 16.5. The fourth-order valence-corrected chi connectivity index (χ4v) is 11.1. The van der Waals surface area contributed by atoms with Crippen molar-refractivity contribution < 1.29 is 39.4 Å². The van der Waals surface area contributed by atoms with E-state index >= 15 is 0 Å². The van der Waals surface area contributed by atoms with Crippen LogP contribution in [-0.2, 0) is 18.9 Å². The van der Waals surface area contributed by atoms with Gasteiger partial charge in [-0.25, -0.2) is 0 Å². The van der Waals surface area contributed by atoms with Crippen molar-refractivity contribution in [2.45, 2.75) is 134 Å². The number of allylic oxidation sites excluding steroid dienone is 1. The Kier molecular flexibility index (Phi) is 7.27. The largest absolute Gasteiger partial charge is 0.394 e. The van der Waals surface area contributed by atoms with Crippen molar-refractivity contribution >= 4 is 0 Å². The van der Waals surface area contributed by atoms with Gasteiger partial charge in [-0.3, -0.25) is 0 Å². The van der Waals surface area contributed by atoms with Gasteiger partial charge in [0.2, 0.25) is 0 Å². The Balaban J connectivity index is 1.05. The van der Waals surface area contributed by atoms with Crippen molar-refractivity contribution in [1.82, 2.24) is 0 Å². The average Bonchev–Trinajstić information content (AvgIpc) is 3.40. The highest BCUT2D eigenvalue weighted by atomic mass is 16.7. The monoisotopic (exact) mass is 576 g/mol. The molecule has 0 bridgehead atoms. The molecule has 0 aromatic heterocycles. The Hall–Kier alpha value is -0.580. The number of ether oxygens (including phenoxy) is 4. The van der Waals surface area contributed by atoms with E-state index in [9.17, 15) is 20.4 Å². The minimum atomic E-state index is -1.41. The first-order chi connectivity index (χ1) is 19.5. The standard InChI is InChI=1S/C33H52O8/c1-17-7-12-33(38-16-17)18(2)26-24(41-33)14-23-21-6-5-19-13-20(8-10-31(19,3)22(21)9-11-32(23,26)4)39-30-29(37)28(36)27(35)25(15-34)40-30/h5,17-18,20-30,34-37H,6-16H2,1-4H3/t17?,18?,20-,21?,22?,23?,24?,25+,26?,27+,28-,29+,30+,31-,32-,33?/m0/s1. The topological polar surface area (TPSA) is 118 Å². The Morgan fingerprint density at radius 3 is 2.51 bits per heavy atom. The SMILES string of the molecule is CC1CCC2(OC1)OC1CC3C4CC=C5C[C@@H](O[C@@H]6O[C@H](CO)[C@@H](O)[C@H](O)[C@H]6O)CC[C@]5(C)C4CC[C@]3(C)C1C2C. The van der Waals surface area contributed by atoms with E-state index in [2.05, 4.69) is 33.8 Å².